The van der Waals surface area contributed by atoms with Gasteiger partial charge >= 0.3 is 0 Å². The highest BCUT2D eigenvalue weighted by Crippen LogP contribution is 2.22. The van der Waals surface area contributed by atoms with Crippen LogP contribution >= 0.6 is 12.2 Å². The van der Waals surface area contributed by atoms with Crippen LogP contribution in [0.1, 0.15) is 12.5 Å². The maximum atomic E-state index is 5.87. The molecule has 0 atom stereocenters. The molecular formula is C23H21N5O2S. The second kappa shape index (κ2) is 9.73. The third-order valence-corrected chi connectivity index (χ3v) is 4.58. The average molecular weight is 432 g/mol. The molecule has 2 N–H and O–H groups in total. The van der Waals surface area contributed by atoms with Gasteiger partial charge in [0, 0.05) is 5.56 Å². The van der Waals surface area contributed by atoms with Crippen LogP contribution in [0, 0.1) is 4.77 Å². The van der Waals surface area contributed by atoms with Crippen molar-refractivity contribution in [2.75, 3.05) is 12.1 Å². The quantitative estimate of drug-likeness (QED) is 0.223. The fourth-order valence-electron chi connectivity index (χ4n) is 2.89. The van der Waals surface area contributed by atoms with E-state index in [2.05, 4.69) is 20.8 Å². The Morgan fingerprint density at radius 2 is 1.77 bits per heavy atom. The zero-order valence-electron chi connectivity index (χ0n) is 16.9. The lowest BCUT2D eigenvalue weighted by atomic mass is 10.2. The Balaban J connectivity index is 1.48. The first-order valence-corrected chi connectivity index (χ1v) is 10.2. The number of hydrogen-bond acceptors (Lipinski definition) is 6. The van der Waals surface area contributed by atoms with Gasteiger partial charge in [0.25, 0.3) is 0 Å². The van der Waals surface area contributed by atoms with Crippen molar-refractivity contribution < 1.29 is 9.47 Å². The minimum absolute atomic E-state index is 0.405. The third kappa shape index (κ3) is 5.18. The zero-order chi connectivity index (χ0) is 21.5. The molecule has 8 heteroatoms. The lowest BCUT2D eigenvalue weighted by molar-refractivity contribution is 0.340. The lowest BCUT2D eigenvalue weighted by Gasteiger charge is -2.07. The van der Waals surface area contributed by atoms with Gasteiger partial charge in [0.1, 0.15) is 17.2 Å². The smallest absolute Gasteiger partial charge is 0.216 e. The van der Waals surface area contributed by atoms with E-state index in [1.807, 2.05) is 85.8 Å². The van der Waals surface area contributed by atoms with Crippen molar-refractivity contribution in [2.24, 2.45) is 5.10 Å². The predicted molar refractivity (Wildman–Crippen MR) is 124 cm³/mol. The van der Waals surface area contributed by atoms with Crippen LogP contribution in [-0.2, 0) is 0 Å². The van der Waals surface area contributed by atoms with Crippen molar-refractivity contribution in [1.82, 2.24) is 14.9 Å². The zero-order valence-corrected chi connectivity index (χ0v) is 17.7. The first-order valence-electron chi connectivity index (χ1n) is 9.75. The number of aromatic nitrogens is 3. The summed E-state index contributed by atoms with van der Waals surface area (Å²) in [5.41, 5.74) is 4.68. The number of nitrogens with zero attached hydrogens (tertiary/aromatic N) is 3. The van der Waals surface area contributed by atoms with Gasteiger partial charge < -0.3 is 9.47 Å². The molecule has 0 aliphatic rings. The molecule has 7 nitrogen and oxygen atoms in total. The van der Waals surface area contributed by atoms with E-state index in [1.54, 1.807) is 10.9 Å². The molecule has 0 saturated carbocycles. The predicted octanol–water partition coefficient (Wildman–Crippen LogP) is 5.38. The number of para-hydroxylation sites is 1. The van der Waals surface area contributed by atoms with Gasteiger partial charge in [-0.25, -0.2) is 10.6 Å². The second-order valence-electron chi connectivity index (χ2n) is 6.49. The Hall–Kier alpha value is -3.91. The summed E-state index contributed by atoms with van der Waals surface area (Å²) in [4.78, 5) is 0. The summed E-state index contributed by atoms with van der Waals surface area (Å²) in [6, 6.07) is 24.9. The number of H-pyrrole nitrogens is 1. The topological polar surface area (TPSA) is 76.5 Å². The number of hydrogen-bond donors (Lipinski definition) is 2. The van der Waals surface area contributed by atoms with E-state index in [0.717, 1.165) is 28.4 Å². The molecule has 0 amide bonds. The molecule has 0 unspecified atom stereocenters. The highest BCUT2D eigenvalue weighted by molar-refractivity contribution is 7.71. The van der Waals surface area contributed by atoms with Crippen molar-refractivity contribution in [3.8, 4) is 28.6 Å². The van der Waals surface area contributed by atoms with Gasteiger partial charge in [-0.15, -0.1) is 0 Å². The summed E-state index contributed by atoms with van der Waals surface area (Å²) in [6.45, 7) is 2.57. The summed E-state index contributed by atoms with van der Waals surface area (Å²) < 4.78 is 13.4. The molecule has 0 radical (unpaired) electrons. The van der Waals surface area contributed by atoms with Gasteiger partial charge in [0.05, 0.1) is 12.8 Å². The molecule has 0 fully saturated rings. The summed E-state index contributed by atoms with van der Waals surface area (Å²) in [5, 5.41) is 11.4. The van der Waals surface area contributed by atoms with Crippen molar-refractivity contribution in [3.63, 3.8) is 0 Å². The fourth-order valence-corrected chi connectivity index (χ4v) is 3.07. The summed E-state index contributed by atoms with van der Waals surface area (Å²) in [7, 11) is 0. The maximum absolute atomic E-state index is 5.87. The molecule has 31 heavy (non-hydrogen) atoms. The standard InChI is InChI=1S/C23H21N5O2S/c1-2-29-19-13-11-18(12-14-19)22-25-26-23(31)28(22)27-24-16-17-7-6-10-21(15-17)30-20-8-4-3-5-9-20/h3-16,27H,2H2,1H3,(H,26,31)/b24-16-. The lowest BCUT2D eigenvalue weighted by Crippen LogP contribution is -2.10. The Bertz CT molecular complexity index is 1220. The average Bonchev–Trinajstić information content (AvgIpc) is 3.16. The molecule has 0 saturated heterocycles. The summed E-state index contributed by atoms with van der Waals surface area (Å²) in [6.07, 6.45) is 1.69. The molecule has 156 valence electrons. The van der Waals surface area contributed by atoms with Gasteiger partial charge in [-0.2, -0.15) is 14.9 Å². The molecule has 0 bridgehead atoms. The van der Waals surface area contributed by atoms with E-state index in [4.69, 9.17) is 21.7 Å². The molecule has 4 aromatic rings. The molecular weight excluding hydrogens is 410 g/mol. The van der Waals surface area contributed by atoms with Crippen LogP contribution in [0.15, 0.2) is 84.0 Å². The number of ether oxygens (including phenoxy) is 2. The van der Waals surface area contributed by atoms with Crippen LogP contribution in [0.4, 0.5) is 0 Å². The van der Waals surface area contributed by atoms with Crippen LogP contribution in [0.2, 0.25) is 0 Å². The normalized spacial score (nSPS) is 10.9. The Morgan fingerprint density at radius 1 is 1.00 bits per heavy atom. The van der Waals surface area contributed by atoms with Crippen molar-refractivity contribution in [3.05, 3.63) is 89.2 Å². The molecule has 0 aliphatic carbocycles. The minimum atomic E-state index is 0.405. The van der Waals surface area contributed by atoms with Crippen LogP contribution < -0.4 is 15.0 Å². The SMILES string of the molecule is CCOc1ccc(-c2n[nH]c(=S)n2N/N=C\c2cccc(Oc3ccccc3)c2)cc1. The Labute approximate surface area is 184 Å². The van der Waals surface area contributed by atoms with Gasteiger partial charge in [-0.3, -0.25) is 0 Å². The highest BCUT2D eigenvalue weighted by Gasteiger charge is 2.08. The number of aromatic amines is 1. The summed E-state index contributed by atoms with van der Waals surface area (Å²) >= 11 is 5.33. The van der Waals surface area contributed by atoms with Crippen molar-refractivity contribution in [1.29, 1.82) is 0 Å². The van der Waals surface area contributed by atoms with Crippen LogP contribution in [0.3, 0.4) is 0 Å². The van der Waals surface area contributed by atoms with E-state index in [1.165, 1.54) is 0 Å². The monoisotopic (exact) mass is 431 g/mol. The van der Waals surface area contributed by atoms with Crippen molar-refractivity contribution in [2.45, 2.75) is 6.92 Å². The van der Waals surface area contributed by atoms with Crippen LogP contribution in [0.25, 0.3) is 11.4 Å². The Kier molecular flexibility index (Phi) is 6.39. The van der Waals surface area contributed by atoms with Crippen molar-refractivity contribution >= 4 is 18.4 Å². The van der Waals surface area contributed by atoms with Gasteiger partial charge in [-0.1, -0.05) is 30.3 Å². The van der Waals surface area contributed by atoms with Gasteiger partial charge in [0.2, 0.25) is 4.77 Å². The van der Waals surface area contributed by atoms with E-state index in [9.17, 15) is 0 Å². The van der Waals surface area contributed by atoms with Gasteiger partial charge in [-0.05, 0) is 73.2 Å². The first-order chi connectivity index (χ1) is 15.2. The number of benzene rings is 3. The number of rotatable bonds is 8. The molecule has 1 aromatic heterocycles. The van der Waals surface area contributed by atoms with E-state index >= 15 is 0 Å². The molecule has 4 rings (SSSR count). The van der Waals surface area contributed by atoms with E-state index in [0.29, 0.717) is 17.2 Å². The number of hydrazone groups is 1. The van der Waals surface area contributed by atoms with Crippen LogP contribution in [0.5, 0.6) is 17.2 Å². The van der Waals surface area contributed by atoms with Crippen LogP contribution in [-0.4, -0.2) is 27.7 Å². The van der Waals surface area contributed by atoms with E-state index < -0.39 is 0 Å². The second-order valence-corrected chi connectivity index (χ2v) is 6.88. The number of nitrogens with one attached hydrogen (secondary N) is 2. The highest BCUT2D eigenvalue weighted by atomic mass is 32.1. The third-order valence-electron chi connectivity index (χ3n) is 4.30. The minimum Gasteiger partial charge on any atom is -0.494 e. The molecule has 0 aliphatic heterocycles. The molecule has 0 spiro atoms. The fraction of sp³-hybridized carbons (Fsp3) is 0.0870. The van der Waals surface area contributed by atoms with E-state index in [-0.39, 0.29) is 0 Å². The molecule has 3 aromatic carbocycles. The molecule has 1 heterocycles. The first kappa shape index (κ1) is 20.4. The maximum Gasteiger partial charge on any atom is 0.216 e. The largest absolute Gasteiger partial charge is 0.494 e. The Morgan fingerprint density at radius 3 is 2.55 bits per heavy atom. The summed E-state index contributed by atoms with van der Waals surface area (Å²) in [5.74, 6) is 2.92. The van der Waals surface area contributed by atoms with Gasteiger partial charge in [0.15, 0.2) is 5.82 Å².